The van der Waals surface area contributed by atoms with E-state index in [-0.39, 0.29) is 11.9 Å². The van der Waals surface area contributed by atoms with Gasteiger partial charge in [-0.05, 0) is 36.2 Å². The Morgan fingerprint density at radius 3 is 2.95 bits per heavy atom. The number of benzene rings is 2. The lowest BCUT2D eigenvalue weighted by molar-refractivity contribution is 0.0938. The normalized spacial score (nSPS) is 16.5. The summed E-state index contributed by atoms with van der Waals surface area (Å²) in [5.41, 5.74) is 3.01. The van der Waals surface area contributed by atoms with Crippen molar-refractivity contribution in [3.8, 4) is 5.75 Å². The zero-order chi connectivity index (χ0) is 14.7. The van der Waals surface area contributed by atoms with Gasteiger partial charge >= 0.3 is 0 Å². The van der Waals surface area contributed by atoms with Crippen LogP contribution in [0.15, 0.2) is 48.5 Å². The van der Waals surface area contributed by atoms with Crippen LogP contribution in [0.2, 0.25) is 0 Å². The quantitative estimate of drug-likeness (QED) is 0.909. The third kappa shape index (κ3) is 2.99. The highest BCUT2D eigenvalue weighted by Crippen LogP contribution is 2.21. The van der Waals surface area contributed by atoms with Crippen LogP contribution in [-0.2, 0) is 6.42 Å². The third-order valence-electron chi connectivity index (χ3n) is 3.69. The monoisotopic (exact) mass is 282 g/mol. The molecule has 1 atom stereocenters. The Morgan fingerprint density at radius 1 is 1.24 bits per heavy atom. The van der Waals surface area contributed by atoms with E-state index in [1.165, 1.54) is 5.56 Å². The van der Waals surface area contributed by atoms with E-state index in [4.69, 9.17) is 4.74 Å². The molecule has 0 radical (unpaired) electrons. The molecule has 1 heterocycles. The van der Waals surface area contributed by atoms with Crippen LogP contribution in [0.4, 0.5) is 5.69 Å². The fourth-order valence-electron chi connectivity index (χ4n) is 2.58. The van der Waals surface area contributed by atoms with Crippen LogP contribution in [-0.4, -0.2) is 25.6 Å². The molecule has 2 aromatic carbocycles. The predicted octanol–water partition coefficient (Wildman–Crippen LogP) is 2.46. The van der Waals surface area contributed by atoms with Crippen molar-refractivity contribution in [1.82, 2.24) is 5.32 Å². The van der Waals surface area contributed by atoms with Crippen molar-refractivity contribution in [3.63, 3.8) is 0 Å². The minimum atomic E-state index is -0.0694. The maximum atomic E-state index is 12.3. The van der Waals surface area contributed by atoms with Crippen molar-refractivity contribution in [2.24, 2.45) is 0 Å². The molecule has 4 heteroatoms. The average molecular weight is 282 g/mol. The Bertz CT molecular complexity index is 655. The number of ether oxygens (including phenoxy) is 1. The Hall–Kier alpha value is -2.49. The smallest absolute Gasteiger partial charge is 0.251 e. The van der Waals surface area contributed by atoms with Gasteiger partial charge in [0.05, 0.1) is 13.2 Å². The number of anilines is 1. The van der Waals surface area contributed by atoms with E-state index in [1.807, 2.05) is 24.3 Å². The maximum Gasteiger partial charge on any atom is 0.251 e. The summed E-state index contributed by atoms with van der Waals surface area (Å²) in [6.45, 7) is 0.743. The van der Waals surface area contributed by atoms with E-state index in [0.29, 0.717) is 11.3 Å². The van der Waals surface area contributed by atoms with Gasteiger partial charge in [0.15, 0.2) is 0 Å². The van der Waals surface area contributed by atoms with Gasteiger partial charge in [0.2, 0.25) is 0 Å². The van der Waals surface area contributed by atoms with Crippen LogP contribution >= 0.6 is 0 Å². The van der Waals surface area contributed by atoms with E-state index >= 15 is 0 Å². The van der Waals surface area contributed by atoms with Crippen molar-refractivity contribution in [1.29, 1.82) is 0 Å². The number of rotatable bonds is 3. The van der Waals surface area contributed by atoms with Crippen LogP contribution in [0.3, 0.4) is 0 Å². The fraction of sp³-hybridized carbons (Fsp3) is 0.235. The highest BCUT2D eigenvalue weighted by molar-refractivity contribution is 5.94. The molecule has 0 fully saturated rings. The van der Waals surface area contributed by atoms with E-state index in [9.17, 15) is 4.79 Å². The van der Waals surface area contributed by atoms with E-state index in [0.717, 1.165) is 18.7 Å². The summed E-state index contributed by atoms with van der Waals surface area (Å²) in [6, 6.07) is 15.5. The van der Waals surface area contributed by atoms with Crippen LogP contribution in [0.1, 0.15) is 15.9 Å². The molecule has 1 aliphatic heterocycles. The van der Waals surface area contributed by atoms with Gasteiger partial charge < -0.3 is 15.4 Å². The second-order valence-electron chi connectivity index (χ2n) is 5.14. The first-order chi connectivity index (χ1) is 10.3. The van der Waals surface area contributed by atoms with Gasteiger partial charge in [0.25, 0.3) is 5.91 Å². The molecule has 1 aliphatic rings. The molecule has 3 rings (SSSR count). The van der Waals surface area contributed by atoms with Gasteiger partial charge in [-0.15, -0.1) is 0 Å². The number of methoxy groups -OCH3 is 1. The molecule has 0 saturated heterocycles. The van der Waals surface area contributed by atoms with Crippen molar-refractivity contribution in [3.05, 3.63) is 59.7 Å². The SMILES string of the molecule is COc1cccc(C(=O)NC2CNc3ccccc3C2)c1. The molecule has 0 bridgehead atoms. The number of para-hydroxylation sites is 1. The van der Waals surface area contributed by atoms with Crippen LogP contribution < -0.4 is 15.4 Å². The maximum absolute atomic E-state index is 12.3. The molecular weight excluding hydrogens is 264 g/mol. The van der Waals surface area contributed by atoms with Gasteiger partial charge in [-0.1, -0.05) is 24.3 Å². The zero-order valence-corrected chi connectivity index (χ0v) is 11.9. The number of nitrogens with one attached hydrogen (secondary N) is 2. The number of amides is 1. The first-order valence-electron chi connectivity index (χ1n) is 7.03. The van der Waals surface area contributed by atoms with Gasteiger partial charge in [0.1, 0.15) is 5.75 Å². The molecule has 0 aliphatic carbocycles. The highest BCUT2D eigenvalue weighted by Gasteiger charge is 2.20. The lowest BCUT2D eigenvalue weighted by Crippen LogP contribution is -2.43. The minimum Gasteiger partial charge on any atom is -0.497 e. The summed E-state index contributed by atoms with van der Waals surface area (Å²) in [4.78, 5) is 12.3. The Morgan fingerprint density at radius 2 is 2.10 bits per heavy atom. The highest BCUT2D eigenvalue weighted by atomic mass is 16.5. The fourth-order valence-corrected chi connectivity index (χ4v) is 2.58. The molecule has 0 saturated carbocycles. The predicted molar refractivity (Wildman–Crippen MR) is 82.9 cm³/mol. The summed E-state index contributed by atoms with van der Waals surface area (Å²) in [6.07, 6.45) is 0.846. The number of fused-ring (bicyclic) bond motifs is 1. The van der Waals surface area contributed by atoms with Crippen molar-refractivity contribution in [2.45, 2.75) is 12.5 Å². The van der Waals surface area contributed by atoms with E-state index < -0.39 is 0 Å². The lowest BCUT2D eigenvalue weighted by Gasteiger charge is -2.27. The molecule has 0 spiro atoms. The lowest BCUT2D eigenvalue weighted by atomic mass is 9.99. The number of carbonyl (C=O) groups excluding carboxylic acids is 1. The van der Waals surface area contributed by atoms with E-state index in [2.05, 4.69) is 22.8 Å². The van der Waals surface area contributed by atoms with Gasteiger partial charge in [-0.25, -0.2) is 0 Å². The van der Waals surface area contributed by atoms with E-state index in [1.54, 1.807) is 19.2 Å². The number of hydrogen-bond donors (Lipinski definition) is 2. The third-order valence-corrected chi connectivity index (χ3v) is 3.69. The summed E-state index contributed by atoms with van der Waals surface area (Å²) >= 11 is 0. The Balaban J connectivity index is 1.68. The summed E-state index contributed by atoms with van der Waals surface area (Å²) in [5, 5.41) is 6.42. The number of hydrogen-bond acceptors (Lipinski definition) is 3. The van der Waals surface area contributed by atoms with Crippen molar-refractivity contribution < 1.29 is 9.53 Å². The summed E-state index contributed by atoms with van der Waals surface area (Å²) in [5.74, 6) is 0.620. The van der Waals surface area contributed by atoms with Crippen LogP contribution in [0.5, 0.6) is 5.75 Å². The Labute approximate surface area is 124 Å². The molecule has 2 aromatic rings. The first-order valence-corrected chi connectivity index (χ1v) is 7.03. The Kier molecular flexibility index (Phi) is 3.77. The van der Waals surface area contributed by atoms with Crippen molar-refractivity contribution in [2.75, 3.05) is 19.0 Å². The van der Waals surface area contributed by atoms with Gasteiger partial charge in [-0.3, -0.25) is 4.79 Å². The molecule has 0 aromatic heterocycles. The first kappa shape index (κ1) is 13.5. The second kappa shape index (κ2) is 5.87. The molecule has 1 unspecified atom stereocenters. The van der Waals surface area contributed by atoms with Crippen molar-refractivity contribution >= 4 is 11.6 Å². The molecule has 21 heavy (non-hydrogen) atoms. The molecule has 1 amide bonds. The molecule has 108 valence electrons. The summed E-state index contributed by atoms with van der Waals surface area (Å²) in [7, 11) is 1.60. The molecular formula is C17H18N2O2. The van der Waals surface area contributed by atoms with Crippen LogP contribution in [0.25, 0.3) is 0 Å². The second-order valence-corrected chi connectivity index (χ2v) is 5.14. The number of carbonyl (C=O) groups is 1. The zero-order valence-electron chi connectivity index (χ0n) is 11.9. The average Bonchev–Trinajstić information content (AvgIpc) is 2.54. The minimum absolute atomic E-state index is 0.0694. The topological polar surface area (TPSA) is 50.4 Å². The van der Waals surface area contributed by atoms with Gasteiger partial charge in [-0.2, -0.15) is 0 Å². The van der Waals surface area contributed by atoms with Gasteiger partial charge in [0, 0.05) is 17.8 Å². The standard InChI is InChI=1S/C17H18N2O2/c1-21-15-7-4-6-13(10-15)17(20)19-14-9-12-5-2-3-8-16(12)18-11-14/h2-8,10,14,18H,9,11H2,1H3,(H,19,20). The largest absolute Gasteiger partial charge is 0.497 e. The molecule has 2 N–H and O–H groups in total. The summed E-state index contributed by atoms with van der Waals surface area (Å²) < 4.78 is 5.15. The molecule has 4 nitrogen and oxygen atoms in total. The van der Waals surface area contributed by atoms with Crippen LogP contribution in [0, 0.1) is 0 Å².